The zero-order valence-electron chi connectivity index (χ0n) is 20.5. The molecule has 0 radical (unpaired) electrons. The van der Waals surface area contributed by atoms with Gasteiger partial charge in [0, 0.05) is 24.4 Å². The Bertz CT molecular complexity index is 1440. The van der Waals surface area contributed by atoms with Gasteiger partial charge in [0.1, 0.15) is 23.6 Å². The highest BCUT2D eigenvalue weighted by atomic mass is 16.5. The van der Waals surface area contributed by atoms with Gasteiger partial charge in [-0.25, -0.2) is 4.98 Å². The number of rotatable bonds is 5. The zero-order valence-corrected chi connectivity index (χ0v) is 20.5. The molecule has 1 saturated heterocycles. The lowest BCUT2D eigenvalue weighted by Gasteiger charge is -2.29. The highest BCUT2D eigenvalue weighted by molar-refractivity contribution is 6.09. The number of fused-ring (bicyclic) bond motifs is 1. The number of hydrogen-bond acceptors (Lipinski definition) is 7. The summed E-state index contributed by atoms with van der Waals surface area (Å²) in [6.07, 6.45) is 6.50. The summed E-state index contributed by atoms with van der Waals surface area (Å²) in [6, 6.07) is 9.77. The zero-order chi connectivity index (χ0) is 24.8. The molecule has 4 aromatic rings. The Balaban J connectivity index is 1.32. The minimum absolute atomic E-state index is 0.0809. The van der Waals surface area contributed by atoms with Gasteiger partial charge in [-0.2, -0.15) is 5.10 Å². The van der Waals surface area contributed by atoms with Gasteiger partial charge in [-0.1, -0.05) is 6.07 Å². The average molecular weight is 486 g/mol. The molecule has 0 saturated carbocycles. The third-order valence-corrected chi connectivity index (χ3v) is 6.71. The average Bonchev–Trinajstić information content (AvgIpc) is 3.65. The molecule has 1 aromatic carbocycles. The summed E-state index contributed by atoms with van der Waals surface area (Å²) in [6.45, 7) is 7.63. The molecule has 10 heteroatoms. The molecule has 1 amide bonds. The van der Waals surface area contributed by atoms with Crippen molar-refractivity contribution in [1.82, 2.24) is 29.5 Å². The van der Waals surface area contributed by atoms with E-state index < -0.39 is 0 Å². The highest BCUT2D eigenvalue weighted by Crippen LogP contribution is 2.35. The molecule has 0 aliphatic carbocycles. The molecule has 36 heavy (non-hydrogen) atoms. The summed E-state index contributed by atoms with van der Waals surface area (Å²) < 4.78 is 15.4. The third-order valence-electron chi connectivity index (χ3n) is 6.71. The number of pyridine rings is 1. The molecule has 1 fully saturated rings. The van der Waals surface area contributed by atoms with E-state index in [9.17, 15) is 4.79 Å². The Labute approximate surface area is 208 Å². The lowest BCUT2D eigenvalue weighted by molar-refractivity contribution is 0.0936. The van der Waals surface area contributed by atoms with E-state index in [1.807, 2.05) is 52.8 Å². The van der Waals surface area contributed by atoms with Crippen LogP contribution in [0.5, 0.6) is 5.75 Å². The smallest absolute Gasteiger partial charge is 0.265 e. The van der Waals surface area contributed by atoms with E-state index in [2.05, 4.69) is 29.1 Å². The molecule has 10 nitrogen and oxygen atoms in total. The number of nitrogens with zero attached hydrogens (tertiary/aromatic N) is 7. The summed E-state index contributed by atoms with van der Waals surface area (Å²) in [5.41, 5.74) is 4.07. The Hall–Kier alpha value is -4.05. The first kappa shape index (κ1) is 22.4. The standard InChI is InChI=1S/C26H27N7O3/c1-16(2)31-14-27-30-25(31)22-5-4-6-24(29-22)32-15-36-23-9-17(3)20(10-21(23)26(32)34)18-11-28-33(12-18)19-7-8-35-13-19/h4-6,9-12,14,16,19H,7-8,13,15H2,1-3H3. The van der Waals surface area contributed by atoms with E-state index in [-0.39, 0.29) is 24.7 Å². The van der Waals surface area contributed by atoms with E-state index >= 15 is 0 Å². The van der Waals surface area contributed by atoms with Gasteiger partial charge in [0.25, 0.3) is 5.91 Å². The van der Waals surface area contributed by atoms with E-state index in [4.69, 9.17) is 14.5 Å². The maximum absolute atomic E-state index is 13.6. The number of aromatic nitrogens is 6. The molecule has 1 atom stereocenters. The molecule has 1 unspecified atom stereocenters. The largest absolute Gasteiger partial charge is 0.472 e. The van der Waals surface area contributed by atoms with Crippen molar-refractivity contribution in [3.05, 3.63) is 60.2 Å². The number of anilines is 1. The van der Waals surface area contributed by atoms with Crippen LogP contribution in [0.25, 0.3) is 22.6 Å². The molecule has 2 aliphatic heterocycles. The molecule has 0 spiro atoms. The minimum atomic E-state index is -0.163. The van der Waals surface area contributed by atoms with Crippen LogP contribution in [-0.4, -0.2) is 55.4 Å². The maximum atomic E-state index is 13.6. The topological polar surface area (TPSA) is 100 Å². The first-order valence-corrected chi connectivity index (χ1v) is 12.1. The number of aryl methyl sites for hydroxylation is 1. The van der Waals surface area contributed by atoms with Crippen molar-refractivity contribution in [3.8, 4) is 28.4 Å². The maximum Gasteiger partial charge on any atom is 0.265 e. The van der Waals surface area contributed by atoms with Crippen LogP contribution in [0, 0.1) is 6.92 Å². The van der Waals surface area contributed by atoms with Crippen LogP contribution in [0.3, 0.4) is 0 Å². The Morgan fingerprint density at radius 2 is 2.06 bits per heavy atom. The van der Waals surface area contributed by atoms with E-state index in [1.54, 1.807) is 17.3 Å². The lowest BCUT2D eigenvalue weighted by atomic mass is 9.98. The molecule has 0 bridgehead atoms. The monoisotopic (exact) mass is 485 g/mol. The van der Waals surface area contributed by atoms with Crippen LogP contribution < -0.4 is 9.64 Å². The van der Waals surface area contributed by atoms with Crippen LogP contribution >= 0.6 is 0 Å². The van der Waals surface area contributed by atoms with Crippen molar-refractivity contribution in [2.75, 3.05) is 24.8 Å². The summed E-state index contributed by atoms with van der Waals surface area (Å²) in [4.78, 5) is 19.9. The van der Waals surface area contributed by atoms with Crippen LogP contribution in [0.2, 0.25) is 0 Å². The van der Waals surface area contributed by atoms with Crippen molar-refractivity contribution in [3.63, 3.8) is 0 Å². The normalized spacial score (nSPS) is 17.5. The number of benzene rings is 1. The molecular formula is C26H27N7O3. The van der Waals surface area contributed by atoms with Gasteiger partial charge >= 0.3 is 0 Å². The van der Waals surface area contributed by atoms with Crippen molar-refractivity contribution in [2.45, 2.75) is 39.3 Å². The minimum Gasteiger partial charge on any atom is -0.472 e. The van der Waals surface area contributed by atoms with E-state index in [1.165, 1.54) is 0 Å². The van der Waals surface area contributed by atoms with Crippen molar-refractivity contribution < 1.29 is 14.3 Å². The second-order valence-corrected chi connectivity index (χ2v) is 9.43. The highest BCUT2D eigenvalue weighted by Gasteiger charge is 2.30. The Morgan fingerprint density at radius 1 is 1.17 bits per heavy atom. The number of amides is 1. The van der Waals surface area contributed by atoms with Crippen LogP contribution in [0.1, 0.15) is 48.3 Å². The summed E-state index contributed by atoms with van der Waals surface area (Å²) >= 11 is 0. The fourth-order valence-corrected chi connectivity index (χ4v) is 4.70. The van der Waals surface area contributed by atoms with Crippen molar-refractivity contribution in [2.24, 2.45) is 0 Å². The molecule has 5 heterocycles. The van der Waals surface area contributed by atoms with Crippen LogP contribution in [0.4, 0.5) is 5.82 Å². The second kappa shape index (κ2) is 8.87. The van der Waals surface area contributed by atoms with Gasteiger partial charge in [-0.3, -0.25) is 14.4 Å². The second-order valence-electron chi connectivity index (χ2n) is 9.43. The van der Waals surface area contributed by atoms with Gasteiger partial charge in [0.05, 0.1) is 24.4 Å². The first-order chi connectivity index (χ1) is 17.5. The number of hydrogen-bond donors (Lipinski definition) is 0. The predicted molar refractivity (Wildman–Crippen MR) is 133 cm³/mol. The SMILES string of the molecule is Cc1cc2c(cc1-c1cnn(C3CCOC3)c1)C(=O)N(c1cccc(-c3nncn3C(C)C)n1)CO2. The molecule has 184 valence electrons. The van der Waals surface area contributed by atoms with Gasteiger partial charge in [0.2, 0.25) is 0 Å². The van der Waals surface area contributed by atoms with E-state index in [0.717, 1.165) is 29.7 Å². The number of carbonyl (C=O) groups excluding carboxylic acids is 1. The molecule has 2 aliphatic rings. The fourth-order valence-electron chi connectivity index (χ4n) is 4.70. The number of carbonyl (C=O) groups is 1. The summed E-state index contributed by atoms with van der Waals surface area (Å²) in [5.74, 6) is 1.56. The predicted octanol–water partition coefficient (Wildman–Crippen LogP) is 4.05. The van der Waals surface area contributed by atoms with E-state index in [0.29, 0.717) is 35.3 Å². The molecule has 6 rings (SSSR count). The van der Waals surface area contributed by atoms with Crippen molar-refractivity contribution in [1.29, 1.82) is 0 Å². The summed E-state index contributed by atoms with van der Waals surface area (Å²) in [5, 5.41) is 12.8. The van der Waals surface area contributed by atoms with Crippen molar-refractivity contribution >= 4 is 11.7 Å². The van der Waals surface area contributed by atoms with Gasteiger partial charge < -0.3 is 14.0 Å². The van der Waals surface area contributed by atoms with Crippen LogP contribution in [0.15, 0.2) is 49.1 Å². The molecule has 0 N–H and O–H groups in total. The van der Waals surface area contributed by atoms with Gasteiger partial charge in [-0.05, 0) is 62.6 Å². The Morgan fingerprint density at radius 3 is 2.86 bits per heavy atom. The molecule has 3 aromatic heterocycles. The quantitative estimate of drug-likeness (QED) is 0.420. The number of ether oxygens (including phenoxy) is 2. The summed E-state index contributed by atoms with van der Waals surface area (Å²) in [7, 11) is 0. The van der Waals surface area contributed by atoms with Gasteiger partial charge in [-0.15, -0.1) is 10.2 Å². The Kier molecular flexibility index (Phi) is 5.52. The van der Waals surface area contributed by atoms with Crippen LogP contribution in [-0.2, 0) is 4.74 Å². The lowest BCUT2D eigenvalue weighted by Crippen LogP contribution is -2.39. The fraction of sp³-hybridized carbons (Fsp3) is 0.346. The third kappa shape index (κ3) is 3.83. The molecular weight excluding hydrogens is 458 g/mol. The first-order valence-electron chi connectivity index (χ1n) is 12.1. The van der Waals surface area contributed by atoms with Gasteiger partial charge in [0.15, 0.2) is 12.6 Å².